The molecule has 0 radical (unpaired) electrons. The third-order valence-corrected chi connectivity index (χ3v) is 3.98. The molecule has 11 heteroatoms. The predicted molar refractivity (Wildman–Crippen MR) is 102 cm³/mol. The molecule has 0 aromatic heterocycles. The van der Waals surface area contributed by atoms with Gasteiger partial charge in [0.15, 0.2) is 22.7 Å². The Morgan fingerprint density at radius 3 is 2.66 bits per heavy atom. The van der Waals surface area contributed by atoms with Crippen LogP contribution in [0.25, 0.3) is 0 Å². The number of anilines is 1. The fourth-order valence-corrected chi connectivity index (χ4v) is 2.53. The van der Waals surface area contributed by atoms with E-state index in [0.29, 0.717) is 17.2 Å². The van der Waals surface area contributed by atoms with Crippen molar-refractivity contribution in [3.05, 3.63) is 48.0 Å². The molecule has 0 bridgehead atoms. The van der Waals surface area contributed by atoms with E-state index in [1.807, 2.05) is 0 Å². The summed E-state index contributed by atoms with van der Waals surface area (Å²) in [7, 11) is 0. The fourth-order valence-electron chi connectivity index (χ4n) is 2.36. The van der Waals surface area contributed by atoms with E-state index in [-0.39, 0.29) is 17.7 Å². The molecule has 0 saturated heterocycles. The summed E-state index contributed by atoms with van der Waals surface area (Å²) in [6.45, 7) is 1.53. The number of ether oxygens (including phenoxy) is 3. The number of halogens is 3. The highest BCUT2D eigenvalue weighted by Crippen LogP contribution is 2.34. The number of fused-ring (bicyclic) bond motifs is 1. The maximum Gasteiger partial charge on any atom is 0.416 e. The number of hydrogen-bond donors (Lipinski definition) is 3. The molecule has 1 heterocycles. The number of rotatable bonds is 4. The lowest BCUT2D eigenvalue weighted by molar-refractivity contribution is -0.137. The van der Waals surface area contributed by atoms with Gasteiger partial charge in [0.25, 0.3) is 5.91 Å². The first-order valence-corrected chi connectivity index (χ1v) is 8.73. The van der Waals surface area contributed by atoms with Gasteiger partial charge in [-0.25, -0.2) is 0 Å². The van der Waals surface area contributed by atoms with Crippen molar-refractivity contribution < 1.29 is 32.2 Å². The lowest BCUT2D eigenvalue weighted by Gasteiger charge is -2.17. The minimum atomic E-state index is -4.50. The van der Waals surface area contributed by atoms with Crippen molar-refractivity contribution in [2.45, 2.75) is 19.2 Å². The van der Waals surface area contributed by atoms with Gasteiger partial charge in [0.1, 0.15) is 5.75 Å². The van der Waals surface area contributed by atoms with Crippen LogP contribution >= 0.6 is 12.2 Å². The van der Waals surface area contributed by atoms with Gasteiger partial charge in [0.05, 0.1) is 5.56 Å². The smallest absolute Gasteiger partial charge is 0.416 e. The Hall–Kier alpha value is -3.21. The number of hydrogen-bond acceptors (Lipinski definition) is 5. The third-order valence-electron chi connectivity index (χ3n) is 3.77. The molecular weight excluding hydrogens is 411 g/mol. The predicted octanol–water partition coefficient (Wildman–Crippen LogP) is 3.22. The average Bonchev–Trinajstić information content (AvgIpc) is 3.13. The van der Waals surface area contributed by atoms with Crippen molar-refractivity contribution in [3.8, 4) is 17.2 Å². The van der Waals surface area contributed by atoms with Crippen LogP contribution in [0.3, 0.4) is 0 Å². The van der Waals surface area contributed by atoms with Crippen LogP contribution in [0, 0.1) is 0 Å². The van der Waals surface area contributed by atoms with E-state index < -0.39 is 23.8 Å². The van der Waals surface area contributed by atoms with Crippen molar-refractivity contribution in [2.24, 2.45) is 0 Å². The summed E-state index contributed by atoms with van der Waals surface area (Å²) in [5.74, 6) is 0.467. The maximum absolute atomic E-state index is 12.7. The zero-order valence-electron chi connectivity index (χ0n) is 15.0. The van der Waals surface area contributed by atoms with Crippen LogP contribution in [0.2, 0.25) is 0 Å². The van der Waals surface area contributed by atoms with Crippen molar-refractivity contribution in [1.82, 2.24) is 10.9 Å². The van der Waals surface area contributed by atoms with Crippen molar-refractivity contribution in [1.29, 1.82) is 0 Å². The molecule has 1 atom stereocenters. The van der Waals surface area contributed by atoms with Crippen LogP contribution in [0.4, 0.5) is 18.9 Å². The second-order valence-electron chi connectivity index (χ2n) is 5.92. The van der Waals surface area contributed by atoms with E-state index in [1.165, 1.54) is 19.1 Å². The van der Waals surface area contributed by atoms with Crippen molar-refractivity contribution >= 4 is 28.9 Å². The monoisotopic (exact) mass is 427 g/mol. The van der Waals surface area contributed by atoms with E-state index in [0.717, 1.165) is 12.1 Å². The van der Waals surface area contributed by atoms with Gasteiger partial charge >= 0.3 is 6.18 Å². The highest BCUT2D eigenvalue weighted by atomic mass is 32.1. The largest absolute Gasteiger partial charge is 0.481 e. The molecule has 1 aliphatic heterocycles. The van der Waals surface area contributed by atoms with Gasteiger partial charge < -0.3 is 19.5 Å². The molecule has 154 valence electrons. The van der Waals surface area contributed by atoms with Gasteiger partial charge in [0, 0.05) is 11.8 Å². The molecule has 7 nitrogen and oxygen atoms in total. The lowest BCUT2D eigenvalue weighted by Crippen LogP contribution is -2.48. The third kappa shape index (κ3) is 5.41. The number of carbonyl (C=O) groups excluding carboxylic acids is 1. The number of carbonyl (C=O) groups is 1. The van der Waals surface area contributed by atoms with E-state index in [1.54, 1.807) is 18.2 Å². The van der Waals surface area contributed by atoms with Crippen molar-refractivity contribution in [2.75, 3.05) is 12.1 Å². The van der Waals surface area contributed by atoms with Crippen LogP contribution in [-0.4, -0.2) is 23.9 Å². The van der Waals surface area contributed by atoms with Gasteiger partial charge in [0.2, 0.25) is 6.79 Å². The highest BCUT2D eigenvalue weighted by molar-refractivity contribution is 7.80. The number of alkyl halides is 3. The lowest BCUT2D eigenvalue weighted by atomic mass is 10.2. The first kappa shape index (κ1) is 20.5. The summed E-state index contributed by atoms with van der Waals surface area (Å²) in [5.41, 5.74) is 4.55. The summed E-state index contributed by atoms with van der Waals surface area (Å²) in [6.07, 6.45) is -5.57. The molecular formula is C18H16F3N3O4S. The molecule has 0 fully saturated rings. The van der Waals surface area contributed by atoms with Crippen LogP contribution in [0.15, 0.2) is 42.5 Å². The second kappa shape index (κ2) is 8.43. The molecule has 2 aromatic carbocycles. The van der Waals surface area contributed by atoms with Crippen LogP contribution < -0.4 is 30.4 Å². The zero-order chi connectivity index (χ0) is 21.0. The molecule has 0 aliphatic carbocycles. The standard InChI is InChI=1S/C18H16F3N3O4S/c1-10(28-13-4-2-3-11(7-13)18(19,20)21)16(25)23-24-17(29)22-12-5-6-14-15(8-12)27-9-26-14/h2-8,10H,9H2,1H3,(H,23,25)(H2,22,24,29)/t10-/m0/s1. The molecule has 1 amide bonds. The van der Waals surface area contributed by atoms with Gasteiger partial charge in [-0.3, -0.25) is 15.6 Å². The average molecular weight is 427 g/mol. The summed E-state index contributed by atoms with van der Waals surface area (Å²) in [6, 6.07) is 9.36. The molecule has 29 heavy (non-hydrogen) atoms. The van der Waals surface area contributed by atoms with E-state index in [2.05, 4.69) is 16.2 Å². The Labute approximate surface area is 169 Å². The fraction of sp³-hybridized carbons (Fsp3) is 0.222. The van der Waals surface area contributed by atoms with Gasteiger partial charge in [-0.05, 0) is 49.5 Å². The molecule has 0 saturated carbocycles. The molecule has 0 unspecified atom stereocenters. The van der Waals surface area contributed by atoms with E-state index in [4.69, 9.17) is 26.4 Å². The SMILES string of the molecule is C[C@H](Oc1cccc(C(F)(F)F)c1)C(=O)NNC(=S)Nc1ccc2c(c1)OCO2. The summed E-state index contributed by atoms with van der Waals surface area (Å²) in [5, 5.41) is 2.93. The number of thiocarbonyl (C=S) groups is 1. The molecule has 0 spiro atoms. The quantitative estimate of drug-likeness (QED) is 0.511. The van der Waals surface area contributed by atoms with Crippen LogP contribution in [0.1, 0.15) is 12.5 Å². The number of nitrogens with one attached hydrogen (secondary N) is 3. The van der Waals surface area contributed by atoms with Gasteiger partial charge in [-0.15, -0.1) is 0 Å². The first-order valence-electron chi connectivity index (χ1n) is 8.33. The van der Waals surface area contributed by atoms with Gasteiger partial charge in [-0.1, -0.05) is 6.07 Å². The normalized spacial score (nSPS) is 13.4. The topological polar surface area (TPSA) is 80.9 Å². The summed E-state index contributed by atoms with van der Waals surface area (Å²) >= 11 is 5.08. The Balaban J connectivity index is 1.49. The number of amides is 1. The molecule has 2 aromatic rings. The zero-order valence-corrected chi connectivity index (χ0v) is 15.8. The van der Waals surface area contributed by atoms with Crippen molar-refractivity contribution in [3.63, 3.8) is 0 Å². The Morgan fingerprint density at radius 2 is 1.90 bits per heavy atom. The highest BCUT2D eigenvalue weighted by Gasteiger charge is 2.31. The number of benzene rings is 2. The van der Waals surface area contributed by atoms with Crippen LogP contribution in [-0.2, 0) is 11.0 Å². The molecule has 1 aliphatic rings. The molecule has 3 rings (SSSR count). The second-order valence-corrected chi connectivity index (χ2v) is 6.33. The Kier molecular flexibility index (Phi) is 5.97. The summed E-state index contributed by atoms with van der Waals surface area (Å²) in [4.78, 5) is 12.1. The van der Waals surface area contributed by atoms with Gasteiger partial charge in [-0.2, -0.15) is 13.2 Å². The van der Waals surface area contributed by atoms with Crippen LogP contribution in [0.5, 0.6) is 17.2 Å². The Bertz CT molecular complexity index is 923. The number of hydrazine groups is 1. The summed E-state index contributed by atoms with van der Waals surface area (Å²) < 4.78 is 54.0. The minimum absolute atomic E-state index is 0.0801. The minimum Gasteiger partial charge on any atom is -0.481 e. The van der Waals surface area contributed by atoms with E-state index >= 15 is 0 Å². The molecule has 3 N–H and O–H groups in total. The van der Waals surface area contributed by atoms with E-state index in [9.17, 15) is 18.0 Å². The first-order chi connectivity index (χ1) is 13.7. The maximum atomic E-state index is 12.7. The Morgan fingerprint density at radius 1 is 1.14 bits per heavy atom.